The second-order valence-electron chi connectivity index (χ2n) is 8.23. The number of ether oxygens (including phenoxy) is 1. The molecule has 6 nitrogen and oxygen atoms in total. The van der Waals surface area contributed by atoms with Crippen molar-refractivity contribution < 1.29 is 9.53 Å². The van der Waals surface area contributed by atoms with E-state index in [0.717, 1.165) is 37.8 Å². The molecule has 3 heterocycles. The highest BCUT2D eigenvalue weighted by atomic mass is 16.5. The maximum Gasteiger partial charge on any atom is 0.258 e. The van der Waals surface area contributed by atoms with E-state index in [4.69, 9.17) is 4.74 Å². The summed E-state index contributed by atoms with van der Waals surface area (Å²) < 4.78 is 7.95. The van der Waals surface area contributed by atoms with Crippen molar-refractivity contribution in [2.45, 2.75) is 77.0 Å². The SMILES string of the molecule is Cc1c(C(=O)N2CCC[C@]3(CCCCO3)[C@@H]2C#N)cnn1C(C)(C)C. The average Bonchev–Trinajstić information content (AvgIpc) is 2.96. The van der Waals surface area contributed by atoms with Crippen LogP contribution >= 0.6 is 0 Å². The van der Waals surface area contributed by atoms with Crippen LogP contribution in [0, 0.1) is 18.3 Å². The van der Waals surface area contributed by atoms with Gasteiger partial charge in [-0.15, -0.1) is 0 Å². The molecule has 0 N–H and O–H groups in total. The normalized spacial score (nSPS) is 27.3. The van der Waals surface area contributed by atoms with E-state index in [1.807, 2.05) is 11.6 Å². The van der Waals surface area contributed by atoms with Crippen LogP contribution in [-0.4, -0.2) is 45.4 Å². The molecular formula is C19H28N4O2. The predicted octanol–water partition coefficient (Wildman–Crippen LogP) is 3.01. The minimum atomic E-state index is -0.522. The lowest BCUT2D eigenvalue weighted by Crippen LogP contribution is -2.60. The molecule has 2 saturated heterocycles. The van der Waals surface area contributed by atoms with Gasteiger partial charge in [-0.1, -0.05) is 0 Å². The van der Waals surface area contributed by atoms with Gasteiger partial charge in [0.2, 0.25) is 0 Å². The predicted molar refractivity (Wildman–Crippen MR) is 94.2 cm³/mol. The number of hydrogen-bond donors (Lipinski definition) is 0. The summed E-state index contributed by atoms with van der Waals surface area (Å²) >= 11 is 0. The Morgan fingerprint density at radius 1 is 1.36 bits per heavy atom. The van der Waals surface area contributed by atoms with Crippen molar-refractivity contribution in [1.82, 2.24) is 14.7 Å². The van der Waals surface area contributed by atoms with Crippen LogP contribution in [0.2, 0.25) is 0 Å². The molecule has 25 heavy (non-hydrogen) atoms. The molecule has 0 unspecified atom stereocenters. The van der Waals surface area contributed by atoms with Crippen LogP contribution in [0.4, 0.5) is 0 Å². The molecule has 2 fully saturated rings. The Balaban J connectivity index is 1.91. The molecule has 0 radical (unpaired) electrons. The van der Waals surface area contributed by atoms with E-state index in [0.29, 0.717) is 18.7 Å². The molecule has 1 amide bonds. The van der Waals surface area contributed by atoms with Crippen LogP contribution in [-0.2, 0) is 10.3 Å². The fraction of sp³-hybridized carbons (Fsp3) is 0.737. The molecule has 0 bridgehead atoms. The number of rotatable bonds is 1. The lowest BCUT2D eigenvalue weighted by atomic mass is 9.79. The fourth-order valence-electron chi connectivity index (χ4n) is 4.24. The Morgan fingerprint density at radius 2 is 2.08 bits per heavy atom. The maximum absolute atomic E-state index is 13.2. The topological polar surface area (TPSA) is 71.2 Å². The number of piperidine rings is 1. The Labute approximate surface area is 149 Å². The number of carbonyl (C=O) groups is 1. The Morgan fingerprint density at radius 3 is 2.64 bits per heavy atom. The van der Waals surface area contributed by atoms with E-state index in [1.54, 1.807) is 11.1 Å². The monoisotopic (exact) mass is 344 g/mol. The van der Waals surface area contributed by atoms with E-state index < -0.39 is 11.6 Å². The zero-order valence-corrected chi connectivity index (χ0v) is 15.7. The van der Waals surface area contributed by atoms with Crippen LogP contribution in [0.15, 0.2) is 6.20 Å². The molecule has 3 rings (SSSR count). The third kappa shape index (κ3) is 3.06. The van der Waals surface area contributed by atoms with E-state index in [9.17, 15) is 10.1 Å². The quantitative estimate of drug-likeness (QED) is 0.785. The number of carbonyl (C=O) groups excluding carboxylic acids is 1. The third-order valence-corrected chi connectivity index (χ3v) is 5.45. The summed E-state index contributed by atoms with van der Waals surface area (Å²) in [5.41, 5.74) is 0.753. The van der Waals surface area contributed by atoms with Crippen LogP contribution in [0.3, 0.4) is 0 Å². The number of aromatic nitrogens is 2. The van der Waals surface area contributed by atoms with Crippen molar-refractivity contribution in [3.63, 3.8) is 0 Å². The summed E-state index contributed by atoms with van der Waals surface area (Å²) in [6.45, 7) is 9.38. The summed E-state index contributed by atoms with van der Waals surface area (Å²) in [5, 5.41) is 14.2. The Kier molecular flexibility index (Phi) is 4.63. The first kappa shape index (κ1) is 17.9. The number of nitriles is 1. The van der Waals surface area contributed by atoms with E-state index in [1.165, 1.54) is 0 Å². The van der Waals surface area contributed by atoms with Gasteiger partial charge in [-0.3, -0.25) is 9.48 Å². The molecule has 2 atom stereocenters. The van der Waals surface area contributed by atoms with Gasteiger partial charge in [0.25, 0.3) is 5.91 Å². The molecule has 0 aromatic carbocycles. The molecule has 1 spiro atoms. The first-order chi connectivity index (χ1) is 11.8. The second-order valence-corrected chi connectivity index (χ2v) is 8.23. The fourth-order valence-corrected chi connectivity index (χ4v) is 4.24. The molecule has 2 aliphatic heterocycles. The van der Waals surface area contributed by atoms with E-state index in [-0.39, 0.29) is 11.4 Å². The van der Waals surface area contributed by atoms with Crippen molar-refractivity contribution in [2.75, 3.05) is 13.2 Å². The smallest absolute Gasteiger partial charge is 0.258 e. The highest BCUT2D eigenvalue weighted by molar-refractivity contribution is 5.95. The number of hydrogen-bond acceptors (Lipinski definition) is 4. The summed E-state index contributed by atoms with van der Waals surface area (Å²) in [6.07, 6.45) is 6.31. The van der Waals surface area contributed by atoms with Crippen molar-refractivity contribution in [3.05, 3.63) is 17.5 Å². The average molecular weight is 344 g/mol. The largest absolute Gasteiger partial charge is 0.372 e. The zero-order valence-electron chi connectivity index (χ0n) is 15.7. The van der Waals surface area contributed by atoms with Crippen LogP contribution in [0.5, 0.6) is 0 Å². The molecule has 1 aromatic heterocycles. The summed E-state index contributed by atoms with van der Waals surface area (Å²) in [6, 6.07) is 1.85. The van der Waals surface area contributed by atoms with Gasteiger partial charge >= 0.3 is 0 Å². The molecular weight excluding hydrogens is 316 g/mol. The minimum absolute atomic E-state index is 0.104. The molecule has 0 saturated carbocycles. The van der Waals surface area contributed by atoms with Crippen molar-refractivity contribution >= 4 is 5.91 Å². The van der Waals surface area contributed by atoms with Crippen LogP contribution < -0.4 is 0 Å². The lowest BCUT2D eigenvalue weighted by molar-refractivity contribution is -0.128. The van der Waals surface area contributed by atoms with Crippen LogP contribution in [0.25, 0.3) is 0 Å². The molecule has 0 aliphatic carbocycles. The van der Waals surface area contributed by atoms with Gasteiger partial charge in [0.05, 0.1) is 23.4 Å². The van der Waals surface area contributed by atoms with Gasteiger partial charge < -0.3 is 9.64 Å². The van der Waals surface area contributed by atoms with Gasteiger partial charge in [0, 0.05) is 18.8 Å². The number of amides is 1. The van der Waals surface area contributed by atoms with Crippen LogP contribution in [0.1, 0.15) is 68.9 Å². The maximum atomic E-state index is 13.2. The van der Waals surface area contributed by atoms with E-state index in [2.05, 4.69) is 31.9 Å². The van der Waals surface area contributed by atoms with Gasteiger partial charge in [-0.2, -0.15) is 10.4 Å². The first-order valence-corrected chi connectivity index (χ1v) is 9.20. The molecule has 1 aromatic rings. The highest BCUT2D eigenvalue weighted by Crippen LogP contribution is 2.39. The Bertz CT molecular complexity index is 684. The zero-order chi connectivity index (χ0) is 18.2. The van der Waals surface area contributed by atoms with Crippen molar-refractivity contribution in [3.8, 4) is 6.07 Å². The molecule has 136 valence electrons. The van der Waals surface area contributed by atoms with Gasteiger partial charge in [-0.25, -0.2) is 0 Å². The Hall–Kier alpha value is -1.87. The van der Waals surface area contributed by atoms with Crippen molar-refractivity contribution in [1.29, 1.82) is 5.26 Å². The van der Waals surface area contributed by atoms with Crippen molar-refractivity contribution in [2.24, 2.45) is 0 Å². The van der Waals surface area contributed by atoms with E-state index >= 15 is 0 Å². The highest BCUT2D eigenvalue weighted by Gasteiger charge is 2.49. The summed E-state index contributed by atoms with van der Waals surface area (Å²) in [7, 11) is 0. The summed E-state index contributed by atoms with van der Waals surface area (Å²) in [5.74, 6) is -0.104. The van der Waals surface area contributed by atoms with Gasteiger partial charge in [-0.05, 0) is 59.8 Å². The molecule has 6 heteroatoms. The third-order valence-electron chi connectivity index (χ3n) is 5.45. The van der Waals surface area contributed by atoms with Gasteiger partial charge in [0.1, 0.15) is 11.6 Å². The van der Waals surface area contributed by atoms with Gasteiger partial charge in [0.15, 0.2) is 0 Å². The second kappa shape index (κ2) is 6.45. The number of likely N-dealkylation sites (tertiary alicyclic amines) is 1. The molecule has 2 aliphatic rings. The number of nitrogens with zero attached hydrogens (tertiary/aromatic N) is 4. The minimum Gasteiger partial charge on any atom is -0.372 e. The lowest BCUT2D eigenvalue weighted by Gasteiger charge is -2.48. The first-order valence-electron chi connectivity index (χ1n) is 9.20. The summed E-state index contributed by atoms with van der Waals surface area (Å²) in [4.78, 5) is 14.9. The standard InChI is InChI=1S/C19H28N4O2/c1-14-15(13-21-23(14)18(2,3)4)17(24)22-10-7-9-19(16(22)12-20)8-5-6-11-25-19/h13,16H,5-11H2,1-4H3/t16-,19+/m0/s1.